The smallest absolute Gasteiger partial charge is 0.270 e. The van der Waals surface area contributed by atoms with Crippen molar-refractivity contribution in [1.82, 2.24) is 0 Å². The third kappa shape index (κ3) is 4.18. The van der Waals surface area contributed by atoms with Gasteiger partial charge in [0.2, 0.25) is 0 Å². The third-order valence-electron chi connectivity index (χ3n) is 4.48. The number of nitrogens with zero attached hydrogens (tertiary/aromatic N) is 3. The van der Waals surface area contributed by atoms with Crippen LogP contribution in [0.5, 0.6) is 0 Å². The van der Waals surface area contributed by atoms with Crippen molar-refractivity contribution in [3.8, 4) is 6.07 Å². The molecule has 1 aliphatic heterocycles. The largest absolute Gasteiger partial charge is 0.371 e. The molecule has 0 aromatic heterocycles. The molecule has 1 heterocycles. The summed E-state index contributed by atoms with van der Waals surface area (Å²) in [4.78, 5) is 25.6. The summed E-state index contributed by atoms with van der Waals surface area (Å²) in [6, 6.07) is 10.9. The van der Waals surface area contributed by atoms with E-state index in [0.717, 1.165) is 32.4 Å². The van der Waals surface area contributed by atoms with E-state index in [2.05, 4.69) is 10.2 Å². The SMILES string of the molecule is N#Cc1ccc(NC(=O)c2cc([N+](=O)[O-])ccc2N2CCCCC2)cc1Cl. The van der Waals surface area contributed by atoms with Gasteiger partial charge >= 0.3 is 0 Å². The minimum Gasteiger partial charge on any atom is -0.371 e. The number of carbonyl (C=O) groups excluding carboxylic acids is 1. The first-order valence-electron chi connectivity index (χ1n) is 8.54. The molecule has 8 heteroatoms. The average molecular weight is 385 g/mol. The van der Waals surface area contributed by atoms with E-state index in [1.165, 1.54) is 24.3 Å². The Bertz CT molecular complexity index is 933. The zero-order chi connectivity index (χ0) is 19.4. The van der Waals surface area contributed by atoms with Crippen LogP contribution in [0.3, 0.4) is 0 Å². The van der Waals surface area contributed by atoms with Gasteiger partial charge in [-0.2, -0.15) is 5.26 Å². The van der Waals surface area contributed by atoms with Gasteiger partial charge in [-0.3, -0.25) is 14.9 Å². The van der Waals surface area contributed by atoms with Crippen LogP contribution < -0.4 is 10.2 Å². The van der Waals surface area contributed by atoms with Gasteiger partial charge < -0.3 is 10.2 Å². The summed E-state index contributed by atoms with van der Waals surface area (Å²) in [7, 11) is 0. The molecule has 1 fully saturated rings. The number of rotatable bonds is 4. The number of nitriles is 1. The van der Waals surface area contributed by atoms with Crippen molar-refractivity contribution in [1.29, 1.82) is 5.26 Å². The summed E-state index contributed by atoms with van der Waals surface area (Å²) in [5.41, 5.74) is 1.50. The van der Waals surface area contributed by atoms with Gasteiger partial charge in [0, 0.05) is 30.9 Å². The molecule has 0 aliphatic carbocycles. The van der Waals surface area contributed by atoms with E-state index < -0.39 is 10.8 Å². The number of amides is 1. The first kappa shape index (κ1) is 18.7. The number of piperidine rings is 1. The van der Waals surface area contributed by atoms with Crippen LogP contribution in [-0.2, 0) is 0 Å². The Morgan fingerprint density at radius 3 is 2.56 bits per heavy atom. The van der Waals surface area contributed by atoms with E-state index in [4.69, 9.17) is 16.9 Å². The second-order valence-corrected chi connectivity index (χ2v) is 6.67. The minimum absolute atomic E-state index is 0.140. The van der Waals surface area contributed by atoms with E-state index in [0.29, 0.717) is 16.9 Å². The molecule has 0 bridgehead atoms. The molecular formula is C19H17ClN4O3. The van der Waals surface area contributed by atoms with Crippen molar-refractivity contribution in [2.75, 3.05) is 23.3 Å². The van der Waals surface area contributed by atoms with Crippen molar-refractivity contribution in [2.24, 2.45) is 0 Å². The zero-order valence-corrected chi connectivity index (χ0v) is 15.2. The fourth-order valence-corrected chi connectivity index (χ4v) is 3.33. The number of non-ortho nitro benzene ring substituents is 1. The van der Waals surface area contributed by atoms with Crippen LogP contribution in [0.4, 0.5) is 17.1 Å². The Hall–Kier alpha value is -3.11. The van der Waals surface area contributed by atoms with Crippen LogP contribution in [0.15, 0.2) is 36.4 Å². The summed E-state index contributed by atoms with van der Waals surface area (Å²) >= 11 is 6.01. The molecule has 2 aromatic carbocycles. The Labute approximate surface area is 161 Å². The third-order valence-corrected chi connectivity index (χ3v) is 4.79. The Kier molecular flexibility index (Phi) is 5.57. The highest BCUT2D eigenvalue weighted by Crippen LogP contribution is 2.29. The molecule has 0 atom stereocenters. The highest BCUT2D eigenvalue weighted by atomic mass is 35.5. The maximum atomic E-state index is 12.8. The molecular weight excluding hydrogens is 368 g/mol. The Morgan fingerprint density at radius 1 is 1.19 bits per heavy atom. The zero-order valence-electron chi connectivity index (χ0n) is 14.4. The van der Waals surface area contributed by atoms with Crippen molar-refractivity contribution in [3.05, 3.63) is 62.7 Å². The lowest BCUT2D eigenvalue weighted by atomic mass is 10.1. The topological polar surface area (TPSA) is 99.3 Å². The summed E-state index contributed by atoms with van der Waals surface area (Å²) < 4.78 is 0. The molecule has 0 radical (unpaired) electrons. The van der Waals surface area contributed by atoms with Gasteiger partial charge in [-0.25, -0.2) is 0 Å². The van der Waals surface area contributed by atoms with Crippen molar-refractivity contribution >= 4 is 34.6 Å². The van der Waals surface area contributed by atoms with Gasteiger partial charge in [0.1, 0.15) is 6.07 Å². The second-order valence-electron chi connectivity index (χ2n) is 6.27. The molecule has 7 nitrogen and oxygen atoms in total. The number of nitro groups is 1. The number of hydrogen-bond donors (Lipinski definition) is 1. The van der Waals surface area contributed by atoms with E-state index in [-0.39, 0.29) is 16.3 Å². The number of nitrogens with one attached hydrogen (secondary N) is 1. The van der Waals surface area contributed by atoms with Gasteiger partial charge in [0.25, 0.3) is 11.6 Å². The number of nitro benzene ring substituents is 1. The van der Waals surface area contributed by atoms with Gasteiger partial charge in [-0.15, -0.1) is 0 Å². The van der Waals surface area contributed by atoms with Gasteiger partial charge in [0.05, 0.1) is 26.8 Å². The molecule has 0 spiro atoms. The molecule has 138 valence electrons. The average Bonchev–Trinajstić information content (AvgIpc) is 2.68. The highest BCUT2D eigenvalue weighted by Gasteiger charge is 2.22. The maximum Gasteiger partial charge on any atom is 0.270 e. The van der Waals surface area contributed by atoms with Crippen LogP contribution in [0.25, 0.3) is 0 Å². The van der Waals surface area contributed by atoms with Crippen LogP contribution in [0, 0.1) is 21.4 Å². The number of hydrogen-bond acceptors (Lipinski definition) is 5. The summed E-state index contributed by atoms with van der Waals surface area (Å²) in [6.45, 7) is 1.61. The molecule has 3 rings (SSSR count). The summed E-state index contributed by atoms with van der Waals surface area (Å²) in [5, 5.41) is 23.0. The number of carbonyl (C=O) groups is 1. The van der Waals surface area contributed by atoms with E-state index >= 15 is 0 Å². The van der Waals surface area contributed by atoms with Crippen LogP contribution in [-0.4, -0.2) is 23.9 Å². The molecule has 27 heavy (non-hydrogen) atoms. The van der Waals surface area contributed by atoms with Crippen LogP contribution in [0.1, 0.15) is 35.2 Å². The van der Waals surface area contributed by atoms with Crippen LogP contribution >= 0.6 is 11.6 Å². The monoisotopic (exact) mass is 384 g/mol. The normalized spacial score (nSPS) is 13.7. The van der Waals surface area contributed by atoms with Gasteiger partial charge in [-0.1, -0.05) is 11.6 Å². The Morgan fingerprint density at radius 2 is 1.93 bits per heavy atom. The number of anilines is 2. The molecule has 1 aliphatic rings. The van der Waals surface area contributed by atoms with E-state index in [9.17, 15) is 14.9 Å². The lowest BCUT2D eigenvalue weighted by molar-refractivity contribution is -0.384. The predicted molar refractivity (Wildman–Crippen MR) is 103 cm³/mol. The molecule has 1 saturated heterocycles. The standard InChI is InChI=1S/C19H17ClN4O3/c20-17-10-14(5-4-13(17)12-21)22-19(25)16-11-15(24(26)27)6-7-18(16)23-8-2-1-3-9-23/h4-7,10-11H,1-3,8-9H2,(H,22,25). The molecule has 1 amide bonds. The van der Waals surface area contributed by atoms with Crippen molar-refractivity contribution in [2.45, 2.75) is 19.3 Å². The minimum atomic E-state index is -0.519. The first-order valence-corrected chi connectivity index (χ1v) is 8.92. The van der Waals surface area contributed by atoms with E-state index in [1.54, 1.807) is 12.1 Å². The van der Waals surface area contributed by atoms with Crippen molar-refractivity contribution < 1.29 is 9.72 Å². The molecule has 1 N–H and O–H groups in total. The summed E-state index contributed by atoms with van der Waals surface area (Å²) in [5.74, 6) is -0.458. The quantitative estimate of drug-likeness (QED) is 0.623. The number of halogens is 1. The second kappa shape index (κ2) is 8.06. The van der Waals surface area contributed by atoms with Gasteiger partial charge in [0.15, 0.2) is 0 Å². The highest BCUT2D eigenvalue weighted by molar-refractivity contribution is 6.32. The molecule has 0 saturated carbocycles. The van der Waals surface area contributed by atoms with Crippen molar-refractivity contribution in [3.63, 3.8) is 0 Å². The lowest BCUT2D eigenvalue weighted by Crippen LogP contribution is -2.31. The lowest BCUT2D eigenvalue weighted by Gasteiger charge is -2.30. The van der Waals surface area contributed by atoms with E-state index in [1.807, 2.05) is 6.07 Å². The first-order chi connectivity index (χ1) is 13.0. The summed E-state index contributed by atoms with van der Waals surface area (Å²) in [6.07, 6.45) is 3.17. The number of benzene rings is 2. The molecule has 0 unspecified atom stereocenters. The Balaban J connectivity index is 1.93. The van der Waals surface area contributed by atoms with Crippen LogP contribution in [0.2, 0.25) is 5.02 Å². The fraction of sp³-hybridized carbons (Fsp3) is 0.263. The maximum absolute atomic E-state index is 12.8. The predicted octanol–water partition coefficient (Wildman–Crippen LogP) is 4.36. The molecule has 2 aromatic rings. The fourth-order valence-electron chi connectivity index (χ4n) is 3.11. The van der Waals surface area contributed by atoms with Gasteiger partial charge in [-0.05, 0) is 43.5 Å².